The van der Waals surface area contributed by atoms with Crippen molar-refractivity contribution < 1.29 is 13.2 Å². The summed E-state index contributed by atoms with van der Waals surface area (Å²) in [6, 6.07) is 12.7. The Morgan fingerprint density at radius 3 is 2.67 bits per heavy atom. The number of aromatic nitrogens is 2. The molecule has 40 heavy (non-hydrogen) atoms. The van der Waals surface area contributed by atoms with Gasteiger partial charge in [0.05, 0.1) is 11.9 Å². The lowest BCUT2D eigenvalue weighted by Gasteiger charge is -2.25. The maximum absolute atomic E-state index is 13.6. The van der Waals surface area contributed by atoms with Gasteiger partial charge in [0, 0.05) is 36.9 Å². The summed E-state index contributed by atoms with van der Waals surface area (Å²) in [6.07, 6.45) is 3.45. The van der Waals surface area contributed by atoms with Gasteiger partial charge in [-0.25, -0.2) is 13.4 Å². The standard InChI is InChI=1S/C28H34ClN7O3S/c1-28(2)13-11-25(37)32-23-15-18(9-10-20(23)28)31-27-30-16-21(29)26(34-27)33-22-7-5-6-8-24(22)40(38,39)36-14-12-19(17-36)35(3)4/h5-10,15-16,19H,11-14,17H2,1-4H3,(H,32,37)(H2,30,31,33,34). The maximum Gasteiger partial charge on any atom is 0.245 e. The molecule has 1 atom stereocenters. The van der Waals surface area contributed by atoms with E-state index >= 15 is 0 Å². The first-order valence-corrected chi connectivity index (χ1v) is 15.0. The number of benzene rings is 2. The highest BCUT2D eigenvalue weighted by Gasteiger charge is 2.35. The second kappa shape index (κ2) is 11.0. The van der Waals surface area contributed by atoms with Crippen LogP contribution in [-0.2, 0) is 20.2 Å². The van der Waals surface area contributed by atoms with Gasteiger partial charge < -0.3 is 20.9 Å². The van der Waals surface area contributed by atoms with E-state index in [1.54, 1.807) is 24.3 Å². The molecule has 12 heteroatoms. The first-order chi connectivity index (χ1) is 18.9. The zero-order valence-electron chi connectivity index (χ0n) is 23.0. The van der Waals surface area contributed by atoms with E-state index in [1.807, 2.05) is 37.2 Å². The van der Waals surface area contributed by atoms with Crippen LogP contribution in [0.4, 0.5) is 28.8 Å². The van der Waals surface area contributed by atoms with Crippen LogP contribution in [-0.4, -0.2) is 66.7 Å². The fraction of sp³-hybridized carbons (Fsp3) is 0.393. The molecular formula is C28H34ClN7O3S. The molecule has 5 rings (SSSR count). The second-order valence-electron chi connectivity index (χ2n) is 11.1. The van der Waals surface area contributed by atoms with Crippen LogP contribution in [0.5, 0.6) is 0 Å². The molecule has 0 bridgehead atoms. The van der Waals surface area contributed by atoms with Crippen LogP contribution in [0.2, 0.25) is 5.02 Å². The van der Waals surface area contributed by atoms with Crippen LogP contribution in [0.25, 0.3) is 0 Å². The number of anilines is 5. The second-order valence-corrected chi connectivity index (χ2v) is 13.4. The number of halogens is 1. The number of likely N-dealkylation sites (N-methyl/N-ethyl adjacent to an activating group) is 1. The van der Waals surface area contributed by atoms with Crippen LogP contribution < -0.4 is 16.0 Å². The number of amides is 1. The highest BCUT2D eigenvalue weighted by atomic mass is 35.5. The molecule has 1 fully saturated rings. The topological polar surface area (TPSA) is 120 Å². The Morgan fingerprint density at radius 1 is 1.15 bits per heavy atom. The molecule has 3 N–H and O–H groups in total. The lowest BCUT2D eigenvalue weighted by atomic mass is 9.80. The lowest BCUT2D eigenvalue weighted by molar-refractivity contribution is -0.116. The largest absolute Gasteiger partial charge is 0.338 e. The van der Waals surface area contributed by atoms with Gasteiger partial charge in [0.15, 0.2) is 5.82 Å². The number of hydrogen-bond acceptors (Lipinski definition) is 8. The van der Waals surface area contributed by atoms with E-state index < -0.39 is 10.0 Å². The zero-order chi connectivity index (χ0) is 28.7. The van der Waals surface area contributed by atoms with Gasteiger partial charge in [0.25, 0.3) is 0 Å². The number of carbonyl (C=O) groups is 1. The summed E-state index contributed by atoms with van der Waals surface area (Å²) >= 11 is 6.43. The first kappa shape index (κ1) is 28.3. The molecule has 3 aromatic rings. The zero-order valence-corrected chi connectivity index (χ0v) is 24.6. The predicted molar refractivity (Wildman–Crippen MR) is 158 cm³/mol. The molecule has 212 valence electrons. The van der Waals surface area contributed by atoms with Crippen molar-refractivity contribution >= 4 is 56.4 Å². The van der Waals surface area contributed by atoms with Gasteiger partial charge in [-0.1, -0.05) is 43.6 Å². The summed E-state index contributed by atoms with van der Waals surface area (Å²) < 4.78 is 28.7. The van der Waals surface area contributed by atoms with Gasteiger partial charge in [-0.05, 0) is 62.2 Å². The average molecular weight is 584 g/mol. The van der Waals surface area contributed by atoms with Crippen molar-refractivity contribution in [3.63, 3.8) is 0 Å². The van der Waals surface area contributed by atoms with Crippen molar-refractivity contribution in [2.45, 2.75) is 49.5 Å². The van der Waals surface area contributed by atoms with E-state index in [0.29, 0.717) is 30.9 Å². The molecule has 1 aromatic heterocycles. The third-order valence-electron chi connectivity index (χ3n) is 7.61. The van der Waals surface area contributed by atoms with Crippen molar-refractivity contribution in [1.82, 2.24) is 19.2 Å². The van der Waals surface area contributed by atoms with E-state index in [4.69, 9.17) is 11.6 Å². The quantitative estimate of drug-likeness (QED) is 0.357. The molecule has 2 aromatic carbocycles. The molecule has 2 aliphatic heterocycles. The van der Waals surface area contributed by atoms with Crippen LogP contribution >= 0.6 is 11.6 Å². The fourth-order valence-corrected chi connectivity index (χ4v) is 6.92. The van der Waals surface area contributed by atoms with Crippen LogP contribution in [0.1, 0.15) is 38.7 Å². The van der Waals surface area contributed by atoms with Crippen molar-refractivity contribution in [1.29, 1.82) is 0 Å². The Hall–Kier alpha value is -3.25. The Balaban J connectivity index is 1.40. The highest BCUT2D eigenvalue weighted by molar-refractivity contribution is 7.89. The van der Waals surface area contributed by atoms with E-state index in [-0.39, 0.29) is 39.0 Å². The molecule has 0 saturated carbocycles. The van der Waals surface area contributed by atoms with Gasteiger partial charge in [0.2, 0.25) is 21.9 Å². The van der Waals surface area contributed by atoms with Gasteiger partial charge in [0.1, 0.15) is 9.92 Å². The molecule has 1 amide bonds. The monoisotopic (exact) mass is 583 g/mol. The van der Waals surface area contributed by atoms with E-state index in [0.717, 1.165) is 24.1 Å². The van der Waals surface area contributed by atoms with E-state index in [9.17, 15) is 13.2 Å². The molecule has 2 aliphatic rings. The minimum Gasteiger partial charge on any atom is -0.338 e. The highest BCUT2D eigenvalue weighted by Crippen LogP contribution is 2.38. The Kier molecular flexibility index (Phi) is 7.75. The number of carbonyl (C=O) groups excluding carboxylic acids is 1. The molecule has 0 radical (unpaired) electrons. The minimum atomic E-state index is -3.75. The number of hydrogen-bond donors (Lipinski definition) is 3. The first-order valence-electron chi connectivity index (χ1n) is 13.2. The fourth-order valence-electron chi connectivity index (χ4n) is 5.15. The SMILES string of the molecule is CN(C)C1CCN(S(=O)(=O)c2ccccc2Nc2nc(Nc3ccc4c(c3)NC(=O)CCC4(C)C)ncc2Cl)C1. The molecule has 1 unspecified atom stereocenters. The number of rotatable bonds is 7. The number of sulfonamides is 1. The minimum absolute atomic E-state index is 0.0158. The summed E-state index contributed by atoms with van der Waals surface area (Å²) in [5.41, 5.74) is 2.74. The molecule has 0 aliphatic carbocycles. The Bertz CT molecular complexity index is 1540. The lowest BCUT2D eigenvalue weighted by Crippen LogP contribution is -2.34. The third kappa shape index (κ3) is 5.78. The van der Waals surface area contributed by atoms with Crippen molar-refractivity contribution in [2.24, 2.45) is 0 Å². The maximum atomic E-state index is 13.6. The van der Waals surface area contributed by atoms with Crippen molar-refractivity contribution in [3.05, 3.63) is 59.2 Å². The van der Waals surface area contributed by atoms with Crippen molar-refractivity contribution in [2.75, 3.05) is 43.1 Å². The molecule has 3 heterocycles. The number of para-hydroxylation sites is 1. The molecule has 1 saturated heterocycles. The number of fused-ring (bicyclic) bond motifs is 1. The Morgan fingerprint density at radius 2 is 1.93 bits per heavy atom. The average Bonchev–Trinajstić information content (AvgIpc) is 3.38. The van der Waals surface area contributed by atoms with Gasteiger partial charge in [-0.2, -0.15) is 9.29 Å². The van der Waals surface area contributed by atoms with Crippen molar-refractivity contribution in [3.8, 4) is 0 Å². The van der Waals surface area contributed by atoms with Crippen LogP contribution in [0.15, 0.2) is 53.6 Å². The van der Waals surface area contributed by atoms with Crippen LogP contribution in [0.3, 0.4) is 0 Å². The summed E-state index contributed by atoms with van der Waals surface area (Å²) in [6.45, 7) is 5.15. The Labute approximate surface area is 240 Å². The van der Waals surface area contributed by atoms with Crippen LogP contribution in [0, 0.1) is 0 Å². The normalized spacial score (nSPS) is 19.1. The van der Waals surface area contributed by atoms with E-state index in [1.165, 1.54) is 10.5 Å². The smallest absolute Gasteiger partial charge is 0.245 e. The van der Waals surface area contributed by atoms with Gasteiger partial charge >= 0.3 is 0 Å². The molecule has 0 spiro atoms. The summed E-state index contributed by atoms with van der Waals surface area (Å²) in [7, 11) is 0.174. The number of nitrogens with zero attached hydrogens (tertiary/aromatic N) is 4. The predicted octanol–water partition coefficient (Wildman–Crippen LogP) is 4.95. The molecular weight excluding hydrogens is 550 g/mol. The third-order valence-corrected chi connectivity index (χ3v) is 9.81. The number of nitrogens with one attached hydrogen (secondary N) is 3. The summed E-state index contributed by atoms with van der Waals surface area (Å²) in [5.74, 6) is 0.511. The van der Waals surface area contributed by atoms with E-state index in [2.05, 4.69) is 39.8 Å². The summed E-state index contributed by atoms with van der Waals surface area (Å²) in [5, 5.41) is 9.51. The molecule has 10 nitrogen and oxygen atoms in total. The van der Waals surface area contributed by atoms with Gasteiger partial charge in [-0.15, -0.1) is 0 Å². The summed E-state index contributed by atoms with van der Waals surface area (Å²) in [4.78, 5) is 23.3. The van der Waals surface area contributed by atoms with Gasteiger partial charge in [-0.3, -0.25) is 4.79 Å².